The molecule has 0 atom stereocenters. The van der Waals surface area contributed by atoms with Crippen molar-refractivity contribution >= 4 is 110 Å². The molecule has 0 aliphatic rings. The lowest BCUT2D eigenvalue weighted by molar-refractivity contribution is 0.670. The lowest BCUT2D eigenvalue weighted by Gasteiger charge is -2.26. The second kappa shape index (κ2) is 31.8. The summed E-state index contributed by atoms with van der Waals surface area (Å²) >= 11 is 0. The van der Waals surface area contributed by atoms with Crippen molar-refractivity contribution in [2.24, 2.45) is 0 Å². The fourth-order valence-electron chi connectivity index (χ4n) is 18.1. The summed E-state index contributed by atoms with van der Waals surface area (Å²) in [4.78, 5) is 4.67. The van der Waals surface area contributed by atoms with Gasteiger partial charge in [-0.05, 0) is 216 Å². The van der Waals surface area contributed by atoms with Crippen LogP contribution in [0.4, 0.5) is 34.1 Å². The predicted molar refractivity (Wildman–Crippen MR) is 519 cm³/mol. The number of aromatic nitrogens is 2. The number of benzene rings is 20. The van der Waals surface area contributed by atoms with Crippen LogP contribution in [-0.2, 0) is 0 Å². The van der Waals surface area contributed by atoms with E-state index in [9.17, 15) is 0 Å². The molecule has 0 unspecified atom stereocenters. The van der Waals surface area contributed by atoms with Crippen molar-refractivity contribution in [2.45, 2.75) is 0 Å². The van der Waals surface area contributed by atoms with Crippen molar-refractivity contribution in [1.29, 1.82) is 0 Å². The average Bonchev–Trinajstić information content (AvgIpc) is 1.62. The molecule has 0 radical (unpaired) electrons. The smallest absolute Gasteiger partial charge is 0.159 e. The van der Waals surface area contributed by atoms with Gasteiger partial charge in [0.25, 0.3) is 0 Å². The van der Waals surface area contributed by atoms with Crippen LogP contribution in [-0.4, -0.2) is 9.13 Å². The molecule has 0 bridgehead atoms. The molecule has 0 saturated heterocycles. The lowest BCUT2D eigenvalue weighted by Crippen LogP contribution is -2.10. The zero-order chi connectivity index (χ0) is 81.5. The Hall–Kier alpha value is -16.3. The average molecular weight is 1570 g/mol. The molecule has 0 spiro atoms. The Kier molecular flexibility index (Phi) is 18.9. The summed E-state index contributed by atoms with van der Waals surface area (Å²) in [5.74, 6) is 0. The standard InChI is InChI=1S/C64H42N2O.C54H38N2/c1-3-14-43(15-4-1)46-30-36-51(37-31-46)65(61-25-13-22-57-62-54-19-8-7-18-50(54)42-58(64(62)67-63(57)61)49-16-5-2-6-17-49)52-38-32-47(33-39-52)44-26-28-45(29-27-44)48-34-40-53(41-35-48)66-59-23-11-9-20-55(59)56-21-10-12-24-60(56)66;1-3-11-39(12-4-1)43-23-31-47(32-24-43)55(48-33-25-44(26-34-48)40-13-5-2-6-14-40)49-35-27-45(28-36-49)41-19-21-42(22-20-41)46-29-37-50(38-30-46)56-53-17-9-7-15-51(53)52-16-8-10-18-54(52)56/h1-42H;1-38H. The summed E-state index contributed by atoms with van der Waals surface area (Å²) in [5, 5.41) is 9.68. The molecular formula is C118H80N4O. The quantitative estimate of drug-likeness (QED) is 0.0966. The first-order valence-corrected chi connectivity index (χ1v) is 42.1. The maximum Gasteiger partial charge on any atom is 0.159 e. The first-order chi connectivity index (χ1) is 61.0. The van der Waals surface area contributed by atoms with Crippen molar-refractivity contribution in [3.8, 4) is 100 Å². The number of hydrogen-bond donors (Lipinski definition) is 0. The third-order valence-electron chi connectivity index (χ3n) is 24.3. The molecule has 20 aromatic carbocycles. The molecule has 0 aliphatic heterocycles. The summed E-state index contributed by atoms with van der Waals surface area (Å²) in [6, 6.07) is 174. The number of para-hydroxylation sites is 5. The fourth-order valence-corrected chi connectivity index (χ4v) is 18.1. The van der Waals surface area contributed by atoms with Gasteiger partial charge in [0.2, 0.25) is 0 Å². The van der Waals surface area contributed by atoms with Crippen LogP contribution >= 0.6 is 0 Å². The van der Waals surface area contributed by atoms with Gasteiger partial charge in [0.15, 0.2) is 5.58 Å². The van der Waals surface area contributed by atoms with E-state index < -0.39 is 0 Å². The van der Waals surface area contributed by atoms with Gasteiger partial charge in [-0.1, -0.05) is 364 Å². The Morgan fingerprint density at radius 3 is 0.740 bits per heavy atom. The molecule has 5 heteroatoms. The number of nitrogens with zero attached hydrogens (tertiary/aromatic N) is 4. The van der Waals surface area contributed by atoms with Crippen molar-refractivity contribution in [3.63, 3.8) is 0 Å². The van der Waals surface area contributed by atoms with Gasteiger partial charge in [-0.15, -0.1) is 0 Å². The summed E-state index contributed by atoms with van der Waals surface area (Å²) in [6.07, 6.45) is 0. The van der Waals surface area contributed by atoms with Gasteiger partial charge in [-0.2, -0.15) is 0 Å². The minimum Gasteiger partial charge on any atom is -0.453 e. The van der Waals surface area contributed by atoms with E-state index in [1.54, 1.807) is 0 Å². The zero-order valence-electron chi connectivity index (χ0n) is 67.4. The summed E-state index contributed by atoms with van der Waals surface area (Å²) in [6.45, 7) is 0. The van der Waals surface area contributed by atoms with Crippen LogP contribution in [0.5, 0.6) is 0 Å². The number of hydrogen-bond acceptors (Lipinski definition) is 3. The minimum atomic E-state index is 0.848. The Morgan fingerprint density at radius 1 is 0.171 bits per heavy atom. The van der Waals surface area contributed by atoms with Gasteiger partial charge >= 0.3 is 0 Å². The number of rotatable bonds is 16. The maximum absolute atomic E-state index is 7.15. The van der Waals surface area contributed by atoms with Crippen LogP contribution in [0.1, 0.15) is 0 Å². The number of furan rings is 1. The second-order valence-corrected chi connectivity index (χ2v) is 31.5. The molecule has 0 aliphatic carbocycles. The van der Waals surface area contributed by atoms with Gasteiger partial charge < -0.3 is 23.4 Å². The topological polar surface area (TPSA) is 29.5 Å². The SMILES string of the molecule is c1ccc(-c2ccc(N(c3ccc(-c4ccc(-c5ccc(-n6c7ccccc7c7ccccc76)cc5)cc4)cc3)c3cccc4c3oc3c(-c5ccccc5)cc5ccccc5c34)cc2)cc1.c1ccc(-c2ccc(N(c3ccc(-c4ccccc4)cc3)c3ccc(-c4ccc(-c5ccc(-n6c7ccccc7c7ccccc76)cc5)cc4)cc3)cc2)cc1. The highest BCUT2D eigenvalue weighted by Crippen LogP contribution is 2.48. The van der Waals surface area contributed by atoms with Gasteiger partial charge in [0, 0.05) is 77.7 Å². The monoisotopic (exact) mass is 1570 g/mol. The zero-order valence-corrected chi connectivity index (χ0v) is 67.4. The molecule has 0 N–H and O–H groups in total. The van der Waals surface area contributed by atoms with E-state index in [-0.39, 0.29) is 0 Å². The number of fused-ring (bicyclic) bond motifs is 11. The fraction of sp³-hybridized carbons (Fsp3) is 0. The van der Waals surface area contributed by atoms with Crippen LogP contribution in [0.15, 0.2) is 490 Å². The van der Waals surface area contributed by atoms with Crippen molar-refractivity contribution in [2.75, 3.05) is 9.80 Å². The molecule has 23 aromatic rings. The molecule has 0 saturated carbocycles. The van der Waals surface area contributed by atoms with Crippen molar-refractivity contribution < 1.29 is 4.42 Å². The van der Waals surface area contributed by atoms with E-state index in [1.807, 2.05) is 0 Å². The molecule has 123 heavy (non-hydrogen) atoms. The molecule has 0 fully saturated rings. The molecule has 578 valence electrons. The Bertz CT molecular complexity index is 7550. The van der Waals surface area contributed by atoms with E-state index in [2.05, 4.69) is 504 Å². The maximum atomic E-state index is 7.15. The van der Waals surface area contributed by atoms with E-state index in [4.69, 9.17) is 4.42 Å². The van der Waals surface area contributed by atoms with Gasteiger partial charge in [0.05, 0.1) is 27.8 Å². The highest BCUT2D eigenvalue weighted by Gasteiger charge is 2.25. The summed E-state index contributed by atoms with van der Waals surface area (Å²) in [5.41, 5.74) is 34.2. The first kappa shape index (κ1) is 73.1. The largest absolute Gasteiger partial charge is 0.453 e. The van der Waals surface area contributed by atoms with E-state index in [0.29, 0.717) is 0 Å². The van der Waals surface area contributed by atoms with Crippen LogP contribution in [0.25, 0.3) is 177 Å². The molecular weight excluding hydrogens is 1490 g/mol. The van der Waals surface area contributed by atoms with Gasteiger partial charge in [-0.3, -0.25) is 0 Å². The van der Waals surface area contributed by atoms with E-state index in [0.717, 1.165) is 89.7 Å². The van der Waals surface area contributed by atoms with Crippen molar-refractivity contribution in [1.82, 2.24) is 9.13 Å². The van der Waals surface area contributed by atoms with E-state index in [1.165, 1.54) is 121 Å². The van der Waals surface area contributed by atoms with E-state index >= 15 is 0 Å². The van der Waals surface area contributed by atoms with Crippen molar-refractivity contribution in [3.05, 3.63) is 485 Å². The highest BCUT2D eigenvalue weighted by atomic mass is 16.3. The van der Waals surface area contributed by atoms with Crippen LogP contribution in [0.2, 0.25) is 0 Å². The third-order valence-corrected chi connectivity index (χ3v) is 24.3. The number of anilines is 6. The third kappa shape index (κ3) is 13.8. The molecule has 3 aromatic heterocycles. The predicted octanol–water partition coefficient (Wildman–Crippen LogP) is 32.9. The molecule has 23 rings (SSSR count). The Balaban J connectivity index is 0.000000149. The minimum absolute atomic E-state index is 0.848. The Labute approximate surface area is 714 Å². The normalized spacial score (nSPS) is 11.4. The van der Waals surface area contributed by atoms with Gasteiger partial charge in [-0.25, -0.2) is 0 Å². The molecule has 5 nitrogen and oxygen atoms in total. The Morgan fingerprint density at radius 2 is 0.415 bits per heavy atom. The summed E-state index contributed by atoms with van der Waals surface area (Å²) < 4.78 is 11.9. The molecule has 0 amide bonds. The molecule has 3 heterocycles. The summed E-state index contributed by atoms with van der Waals surface area (Å²) in [7, 11) is 0. The van der Waals surface area contributed by atoms with Crippen LogP contribution < -0.4 is 9.80 Å². The van der Waals surface area contributed by atoms with Crippen LogP contribution in [0, 0.1) is 0 Å². The van der Waals surface area contributed by atoms with Gasteiger partial charge in [0.1, 0.15) is 5.58 Å². The lowest BCUT2D eigenvalue weighted by atomic mass is 9.96. The highest BCUT2D eigenvalue weighted by molar-refractivity contribution is 6.24. The first-order valence-electron chi connectivity index (χ1n) is 42.1. The second-order valence-electron chi connectivity index (χ2n) is 31.5. The van der Waals surface area contributed by atoms with Crippen LogP contribution in [0.3, 0.4) is 0 Å².